The molecule has 2 heteroatoms. The first-order chi connectivity index (χ1) is 7.15. The molecule has 0 aromatic rings. The molecule has 0 aromatic carbocycles. The van der Waals surface area contributed by atoms with E-state index in [1.54, 1.807) is 0 Å². The number of hydrogen-bond donors (Lipinski definition) is 0. The van der Waals surface area contributed by atoms with Crippen LogP contribution < -0.4 is 0 Å². The minimum Gasteiger partial charge on any atom is -0.373 e. The zero-order chi connectivity index (χ0) is 10.8. The predicted molar refractivity (Wildman–Crippen MR) is 63.0 cm³/mol. The zero-order valence-corrected chi connectivity index (χ0v) is 10.4. The van der Waals surface area contributed by atoms with Crippen LogP contribution in [0.2, 0.25) is 0 Å². The van der Waals surface area contributed by atoms with Crippen molar-refractivity contribution in [1.82, 2.24) is 4.90 Å². The monoisotopic (exact) mass is 211 g/mol. The van der Waals surface area contributed by atoms with Crippen LogP contribution in [-0.4, -0.2) is 36.2 Å². The van der Waals surface area contributed by atoms with Crippen LogP contribution in [0.4, 0.5) is 0 Å². The van der Waals surface area contributed by atoms with Crippen molar-refractivity contribution in [2.75, 3.05) is 13.1 Å². The van der Waals surface area contributed by atoms with Gasteiger partial charge >= 0.3 is 0 Å². The lowest BCUT2D eigenvalue weighted by Gasteiger charge is -2.42. The fourth-order valence-corrected chi connectivity index (χ4v) is 3.25. The maximum Gasteiger partial charge on any atom is 0.0678 e. The third-order valence-corrected chi connectivity index (χ3v) is 3.87. The molecule has 1 heterocycles. The van der Waals surface area contributed by atoms with E-state index in [4.69, 9.17) is 4.74 Å². The van der Waals surface area contributed by atoms with Crippen molar-refractivity contribution in [3.05, 3.63) is 0 Å². The zero-order valence-electron chi connectivity index (χ0n) is 10.4. The molecule has 15 heavy (non-hydrogen) atoms. The minimum atomic E-state index is 0.422. The number of ether oxygens (including phenoxy) is 1. The van der Waals surface area contributed by atoms with Crippen molar-refractivity contribution in [1.29, 1.82) is 0 Å². The quantitative estimate of drug-likeness (QED) is 0.661. The van der Waals surface area contributed by atoms with Crippen LogP contribution in [0.5, 0.6) is 0 Å². The second kappa shape index (κ2) is 4.84. The molecule has 0 amide bonds. The first kappa shape index (κ1) is 11.4. The van der Waals surface area contributed by atoms with Crippen LogP contribution in [0.3, 0.4) is 0 Å². The molecule has 1 aliphatic heterocycles. The largest absolute Gasteiger partial charge is 0.373 e. The van der Waals surface area contributed by atoms with Gasteiger partial charge in [-0.1, -0.05) is 19.8 Å². The highest BCUT2D eigenvalue weighted by Crippen LogP contribution is 2.29. The Balaban J connectivity index is 1.91. The summed E-state index contributed by atoms with van der Waals surface area (Å²) >= 11 is 0. The molecule has 88 valence electrons. The van der Waals surface area contributed by atoms with Crippen LogP contribution in [0.1, 0.15) is 46.5 Å². The summed E-state index contributed by atoms with van der Waals surface area (Å²) in [5, 5.41) is 0. The average molecular weight is 211 g/mol. The minimum absolute atomic E-state index is 0.422. The van der Waals surface area contributed by atoms with E-state index in [1.165, 1.54) is 25.7 Å². The summed E-state index contributed by atoms with van der Waals surface area (Å²) in [5.74, 6) is 0.928. The fourth-order valence-electron chi connectivity index (χ4n) is 3.25. The molecule has 2 nitrogen and oxygen atoms in total. The van der Waals surface area contributed by atoms with Gasteiger partial charge in [0.15, 0.2) is 0 Å². The number of nitrogens with zero attached hydrogens (tertiary/aromatic N) is 1. The van der Waals surface area contributed by atoms with Crippen molar-refractivity contribution in [3.8, 4) is 0 Å². The summed E-state index contributed by atoms with van der Waals surface area (Å²) in [7, 11) is 0. The molecule has 2 rings (SSSR count). The molecule has 1 saturated heterocycles. The highest BCUT2D eigenvalue weighted by Gasteiger charge is 2.30. The number of hydrogen-bond acceptors (Lipinski definition) is 2. The van der Waals surface area contributed by atoms with Crippen LogP contribution in [0.15, 0.2) is 0 Å². The van der Waals surface area contributed by atoms with E-state index >= 15 is 0 Å². The van der Waals surface area contributed by atoms with Gasteiger partial charge in [-0.3, -0.25) is 4.90 Å². The van der Waals surface area contributed by atoms with E-state index in [2.05, 4.69) is 25.7 Å². The Bertz CT molecular complexity index is 197. The third-order valence-electron chi connectivity index (χ3n) is 3.87. The molecule has 0 aromatic heterocycles. The van der Waals surface area contributed by atoms with Crippen LogP contribution in [-0.2, 0) is 4.74 Å². The maximum atomic E-state index is 5.79. The van der Waals surface area contributed by atoms with Gasteiger partial charge in [-0.2, -0.15) is 0 Å². The lowest BCUT2D eigenvalue weighted by molar-refractivity contribution is -0.0858. The summed E-state index contributed by atoms with van der Waals surface area (Å²) in [6.45, 7) is 9.09. The van der Waals surface area contributed by atoms with E-state index in [9.17, 15) is 0 Å². The lowest BCUT2D eigenvalue weighted by Crippen LogP contribution is -2.51. The van der Waals surface area contributed by atoms with E-state index in [0.717, 1.165) is 25.0 Å². The highest BCUT2D eigenvalue weighted by atomic mass is 16.5. The predicted octanol–water partition coefficient (Wildman–Crippen LogP) is 2.67. The topological polar surface area (TPSA) is 12.5 Å². The lowest BCUT2D eigenvalue weighted by atomic mass is 9.86. The van der Waals surface area contributed by atoms with Gasteiger partial charge in [0, 0.05) is 19.1 Å². The maximum absolute atomic E-state index is 5.79. The van der Waals surface area contributed by atoms with Gasteiger partial charge in [-0.25, -0.2) is 0 Å². The van der Waals surface area contributed by atoms with Gasteiger partial charge in [-0.15, -0.1) is 0 Å². The highest BCUT2D eigenvalue weighted by molar-refractivity contribution is 4.83. The Morgan fingerprint density at radius 1 is 1.00 bits per heavy atom. The molecule has 2 aliphatic rings. The van der Waals surface area contributed by atoms with Crippen molar-refractivity contribution < 1.29 is 4.74 Å². The van der Waals surface area contributed by atoms with Crippen molar-refractivity contribution in [3.63, 3.8) is 0 Å². The van der Waals surface area contributed by atoms with Gasteiger partial charge in [0.25, 0.3) is 0 Å². The molecular formula is C13H25NO. The van der Waals surface area contributed by atoms with Gasteiger partial charge in [0.1, 0.15) is 0 Å². The van der Waals surface area contributed by atoms with Gasteiger partial charge in [0.2, 0.25) is 0 Å². The second-order valence-electron chi connectivity index (χ2n) is 5.64. The molecule has 0 unspecified atom stereocenters. The first-order valence-corrected chi connectivity index (χ1v) is 6.54. The van der Waals surface area contributed by atoms with Crippen molar-refractivity contribution >= 4 is 0 Å². The van der Waals surface area contributed by atoms with Crippen LogP contribution in [0, 0.1) is 5.92 Å². The smallest absolute Gasteiger partial charge is 0.0678 e. The molecule has 0 N–H and O–H groups in total. The molecule has 1 saturated carbocycles. The van der Waals surface area contributed by atoms with Crippen LogP contribution >= 0.6 is 0 Å². The second-order valence-corrected chi connectivity index (χ2v) is 5.64. The Morgan fingerprint density at radius 3 is 2.27 bits per heavy atom. The Morgan fingerprint density at radius 2 is 1.67 bits per heavy atom. The van der Waals surface area contributed by atoms with Crippen molar-refractivity contribution in [2.24, 2.45) is 5.92 Å². The first-order valence-electron chi connectivity index (χ1n) is 6.54. The molecule has 0 radical (unpaired) electrons. The SMILES string of the molecule is C[C@H]1CCC[C@@H](N2C[C@@H](C)O[C@@H](C)C2)C1. The average Bonchev–Trinajstić information content (AvgIpc) is 2.16. The Hall–Kier alpha value is -0.0800. The van der Waals surface area contributed by atoms with Gasteiger partial charge < -0.3 is 4.74 Å². The molecule has 2 fully saturated rings. The number of morpholine rings is 1. The summed E-state index contributed by atoms with van der Waals surface area (Å²) in [6, 6.07) is 0.836. The third kappa shape index (κ3) is 2.94. The molecule has 0 spiro atoms. The van der Waals surface area contributed by atoms with E-state index in [1.807, 2.05) is 0 Å². The Kier molecular flexibility index (Phi) is 3.68. The summed E-state index contributed by atoms with van der Waals surface area (Å²) in [5.41, 5.74) is 0. The summed E-state index contributed by atoms with van der Waals surface area (Å²) < 4.78 is 5.79. The summed E-state index contributed by atoms with van der Waals surface area (Å²) in [6.07, 6.45) is 6.51. The van der Waals surface area contributed by atoms with Gasteiger partial charge in [-0.05, 0) is 32.6 Å². The van der Waals surface area contributed by atoms with E-state index in [0.29, 0.717) is 12.2 Å². The van der Waals surface area contributed by atoms with E-state index in [-0.39, 0.29) is 0 Å². The van der Waals surface area contributed by atoms with Gasteiger partial charge in [0.05, 0.1) is 12.2 Å². The van der Waals surface area contributed by atoms with Crippen LogP contribution in [0.25, 0.3) is 0 Å². The van der Waals surface area contributed by atoms with Crippen molar-refractivity contribution in [2.45, 2.75) is 64.7 Å². The molecule has 0 bridgehead atoms. The molecular weight excluding hydrogens is 186 g/mol. The Labute approximate surface area is 94.0 Å². The molecule has 4 atom stereocenters. The normalized spacial score (nSPS) is 44.2. The standard InChI is InChI=1S/C13H25NO/c1-10-5-4-6-13(7-10)14-8-11(2)15-12(3)9-14/h10-13H,4-9H2,1-3H3/t10-,11-,12+,13+/m0/s1. The number of rotatable bonds is 1. The summed E-state index contributed by atoms with van der Waals surface area (Å²) in [4.78, 5) is 2.68. The molecule has 1 aliphatic carbocycles. The fraction of sp³-hybridized carbons (Fsp3) is 1.00. The van der Waals surface area contributed by atoms with E-state index < -0.39 is 0 Å².